The Morgan fingerprint density at radius 2 is 1.65 bits per heavy atom. The van der Waals surface area contributed by atoms with E-state index in [2.05, 4.69) is 19.2 Å². The fraction of sp³-hybridized carbons (Fsp3) is 0.350. The molecule has 1 amide bonds. The Labute approximate surface area is 153 Å². The first-order chi connectivity index (χ1) is 12.4. The first kappa shape index (κ1) is 17.9. The zero-order valence-electron chi connectivity index (χ0n) is 15.8. The zero-order chi connectivity index (χ0) is 18.9. The van der Waals surface area contributed by atoms with E-state index in [1.54, 1.807) is 17.0 Å². The standard InChI is InChI=1S/C20H24N2O4/c1-20(2)12-22(15-9-7-6-8-14(15)21-20)19(23)13-10-16(24-3)18(26-5)17(11-13)25-4/h6-11,21H,12H2,1-5H3. The molecular weight excluding hydrogens is 332 g/mol. The zero-order valence-corrected chi connectivity index (χ0v) is 15.8. The Bertz CT molecular complexity index is 807. The van der Waals surface area contributed by atoms with Crippen LogP contribution in [0.1, 0.15) is 24.2 Å². The van der Waals surface area contributed by atoms with Crippen LogP contribution < -0.4 is 24.4 Å². The molecule has 1 aliphatic rings. The highest BCUT2D eigenvalue weighted by Crippen LogP contribution is 2.40. The molecule has 1 N–H and O–H groups in total. The highest BCUT2D eigenvalue weighted by Gasteiger charge is 2.33. The summed E-state index contributed by atoms with van der Waals surface area (Å²) >= 11 is 0. The summed E-state index contributed by atoms with van der Waals surface area (Å²) in [6, 6.07) is 11.2. The van der Waals surface area contributed by atoms with E-state index in [4.69, 9.17) is 14.2 Å². The number of hydrogen-bond donors (Lipinski definition) is 1. The van der Waals surface area contributed by atoms with E-state index in [0.717, 1.165) is 11.4 Å². The van der Waals surface area contributed by atoms with Gasteiger partial charge >= 0.3 is 0 Å². The first-order valence-corrected chi connectivity index (χ1v) is 8.39. The normalized spacial score (nSPS) is 14.9. The molecule has 0 spiro atoms. The van der Waals surface area contributed by atoms with Crippen molar-refractivity contribution in [3.63, 3.8) is 0 Å². The summed E-state index contributed by atoms with van der Waals surface area (Å²) in [4.78, 5) is 15.1. The van der Waals surface area contributed by atoms with Gasteiger partial charge in [0.1, 0.15) is 0 Å². The van der Waals surface area contributed by atoms with Gasteiger partial charge in [-0.1, -0.05) is 12.1 Å². The Hall–Kier alpha value is -2.89. The molecule has 0 unspecified atom stereocenters. The molecule has 3 rings (SSSR count). The van der Waals surface area contributed by atoms with E-state index in [1.165, 1.54) is 21.3 Å². The summed E-state index contributed by atoms with van der Waals surface area (Å²) in [7, 11) is 4.61. The third-order valence-corrected chi connectivity index (χ3v) is 4.38. The lowest BCUT2D eigenvalue weighted by atomic mass is 9.98. The molecule has 26 heavy (non-hydrogen) atoms. The van der Waals surface area contributed by atoms with Gasteiger partial charge in [0, 0.05) is 17.6 Å². The maximum Gasteiger partial charge on any atom is 0.258 e. The van der Waals surface area contributed by atoms with E-state index in [1.807, 2.05) is 24.3 Å². The SMILES string of the molecule is COc1cc(C(=O)N2CC(C)(C)Nc3ccccc32)cc(OC)c1OC. The average molecular weight is 356 g/mol. The molecule has 138 valence electrons. The van der Waals surface area contributed by atoms with Gasteiger partial charge in [-0.3, -0.25) is 4.79 Å². The minimum Gasteiger partial charge on any atom is -0.493 e. The Morgan fingerprint density at radius 3 is 2.23 bits per heavy atom. The van der Waals surface area contributed by atoms with Crippen molar-refractivity contribution < 1.29 is 19.0 Å². The monoisotopic (exact) mass is 356 g/mol. The van der Waals surface area contributed by atoms with Crippen molar-refractivity contribution in [1.82, 2.24) is 0 Å². The number of fused-ring (bicyclic) bond motifs is 1. The highest BCUT2D eigenvalue weighted by atomic mass is 16.5. The molecule has 6 nitrogen and oxygen atoms in total. The fourth-order valence-electron chi connectivity index (χ4n) is 3.24. The van der Waals surface area contributed by atoms with Crippen molar-refractivity contribution in [3.05, 3.63) is 42.0 Å². The molecule has 1 heterocycles. The maximum atomic E-state index is 13.3. The van der Waals surface area contributed by atoms with Crippen LogP contribution in [0.2, 0.25) is 0 Å². The first-order valence-electron chi connectivity index (χ1n) is 8.39. The summed E-state index contributed by atoms with van der Waals surface area (Å²) in [5, 5.41) is 3.47. The molecule has 1 aliphatic heterocycles. The van der Waals surface area contributed by atoms with Gasteiger partial charge < -0.3 is 24.4 Å². The van der Waals surface area contributed by atoms with E-state index < -0.39 is 0 Å². The molecule has 0 atom stereocenters. The van der Waals surface area contributed by atoms with E-state index in [9.17, 15) is 4.79 Å². The summed E-state index contributed by atoms with van der Waals surface area (Å²) in [6.45, 7) is 4.68. The number of methoxy groups -OCH3 is 3. The van der Waals surface area contributed by atoms with Crippen LogP contribution in [-0.2, 0) is 0 Å². The molecule has 0 saturated carbocycles. The number of carbonyl (C=O) groups excluding carboxylic acids is 1. The van der Waals surface area contributed by atoms with Crippen LogP contribution in [0.5, 0.6) is 17.2 Å². The van der Waals surface area contributed by atoms with Crippen LogP contribution in [0.15, 0.2) is 36.4 Å². The second-order valence-corrected chi connectivity index (χ2v) is 6.83. The molecule has 0 aliphatic carbocycles. The summed E-state index contributed by atoms with van der Waals surface area (Å²) < 4.78 is 16.1. The number of nitrogens with zero attached hydrogens (tertiary/aromatic N) is 1. The number of rotatable bonds is 4. The number of nitrogens with one attached hydrogen (secondary N) is 1. The topological polar surface area (TPSA) is 60.0 Å². The van der Waals surface area contributed by atoms with Crippen LogP contribution in [0, 0.1) is 0 Å². The van der Waals surface area contributed by atoms with Crippen molar-refractivity contribution in [1.29, 1.82) is 0 Å². The van der Waals surface area contributed by atoms with Crippen LogP contribution in [0.3, 0.4) is 0 Å². The van der Waals surface area contributed by atoms with Crippen molar-refractivity contribution >= 4 is 17.3 Å². The van der Waals surface area contributed by atoms with Crippen LogP contribution >= 0.6 is 0 Å². The van der Waals surface area contributed by atoms with Crippen molar-refractivity contribution in [2.24, 2.45) is 0 Å². The predicted molar refractivity (Wildman–Crippen MR) is 102 cm³/mol. The molecule has 0 saturated heterocycles. The molecule has 0 aromatic heterocycles. The van der Waals surface area contributed by atoms with E-state index >= 15 is 0 Å². The number of carbonyl (C=O) groups is 1. The molecule has 0 fully saturated rings. The van der Waals surface area contributed by atoms with Crippen LogP contribution in [0.4, 0.5) is 11.4 Å². The largest absolute Gasteiger partial charge is 0.493 e. The number of benzene rings is 2. The number of ether oxygens (including phenoxy) is 3. The second-order valence-electron chi connectivity index (χ2n) is 6.83. The van der Waals surface area contributed by atoms with Crippen LogP contribution in [-0.4, -0.2) is 39.3 Å². The molecule has 2 aromatic rings. The molecule has 0 radical (unpaired) electrons. The van der Waals surface area contributed by atoms with Gasteiger partial charge in [-0.25, -0.2) is 0 Å². The highest BCUT2D eigenvalue weighted by molar-refractivity contribution is 6.09. The quantitative estimate of drug-likeness (QED) is 0.908. The van der Waals surface area contributed by atoms with Gasteiger partial charge in [0.05, 0.1) is 32.7 Å². The van der Waals surface area contributed by atoms with Crippen LogP contribution in [0.25, 0.3) is 0 Å². The summed E-state index contributed by atoms with van der Waals surface area (Å²) in [5.74, 6) is 1.26. The lowest BCUT2D eigenvalue weighted by Crippen LogP contribution is -2.50. The smallest absolute Gasteiger partial charge is 0.258 e. The average Bonchev–Trinajstić information content (AvgIpc) is 2.64. The van der Waals surface area contributed by atoms with E-state index in [0.29, 0.717) is 29.4 Å². The van der Waals surface area contributed by atoms with Crippen molar-refractivity contribution in [3.8, 4) is 17.2 Å². The number of para-hydroxylation sites is 2. The molecule has 6 heteroatoms. The Morgan fingerprint density at radius 1 is 1.04 bits per heavy atom. The Balaban J connectivity index is 2.07. The van der Waals surface area contributed by atoms with Crippen molar-refractivity contribution in [2.75, 3.05) is 38.1 Å². The van der Waals surface area contributed by atoms with Gasteiger partial charge in [-0.2, -0.15) is 0 Å². The number of hydrogen-bond acceptors (Lipinski definition) is 5. The predicted octanol–water partition coefficient (Wildman–Crippen LogP) is 3.56. The number of amides is 1. The van der Waals surface area contributed by atoms with Gasteiger partial charge in [0.15, 0.2) is 11.5 Å². The number of anilines is 2. The Kier molecular flexibility index (Phi) is 4.68. The van der Waals surface area contributed by atoms with Gasteiger partial charge in [-0.05, 0) is 38.1 Å². The minimum atomic E-state index is -0.245. The maximum absolute atomic E-state index is 13.3. The molecule has 0 bridgehead atoms. The van der Waals surface area contributed by atoms with Gasteiger partial charge in [0.25, 0.3) is 5.91 Å². The van der Waals surface area contributed by atoms with Gasteiger partial charge in [0.2, 0.25) is 5.75 Å². The lowest BCUT2D eigenvalue weighted by Gasteiger charge is -2.41. The third kappa shape index (κ3) is 3.14. The lowest BCUT2D eigenvalue weighted by molar-refractivity contribution is 0.0981. The van der Waals surface area contributed by atoms with E-state index in [-0.39, 0.29) is 11.4 Å². The van der Waals surface area contributed by atoms with Gasteiger partial charge in [-0.15, -0.1) is 0 Å². The summed E-state index contributed by atoms with van der Waals surface area (Å²) in [6.07, 6.45) is 0. The minimum absolute atomic E-state index is 0.119. The summed E-state index contributed by atoms with van der Waals surface area (Å²) in [5.41, 5.74) is 2.02. The third-order valence-electron chi connectivity index (χ3n) is 4.38. The van der Waals surface area contributed by atoms with Crippen molar-refractivity contribution in [2.45, 2.75) is 19.4 Å². The molecular formula is C20H24N2O4. The fourth-order valence-corrected chi connectivity index (χ4v) is 3.24. The molecule has 2 aromatic carbocycles. The second kappa shape index (κ2) is 6.78.